The third kappa shape index (κ3) is 3.44. The number of nitrogens with one attached hydrogen (secondary N) is 1. The molecule has 0 saturated carbocycles. The van der Waals surface area contributed by atoms with E-state index in [-0.39, 0.29) is 11.6 Å². The van der Waals surface area contributed by atoms with Crippen LogP contribution in [0.4, 0.5) is 4.39 Å². The minimum Gasteiger partial charge on any atom is -0.320 e. The van der Waals surface area contributed by atoms with Gasteiger partial charge >= 0.3 is 0 Å². The van der Waals surface area contributed by atoms with Crippen LogP contribution in [0.15, 0.2) is 18.2 Å². The average Bonchev–Trinajstić information content (AvgIpc) is 2.22. The molecule has 1 aromatic carbocycles. The number of carbonyl (C=O) groups excluding carboxylic acids is 1. The Hall–Kier alpha value is -1.22. The molecular weight excluding hydrogens is 193 g/mol. The Balaban J connectivity index is 2.62. The highest BCUT2D eigenvalue weighted by Gasteiger charge is 2.07. The van der Waals surface area contributed by atoms with Crippen molar-refractivity contribution in [2.45, 2.75) is 19.8 Å². The van der Waals surface area contributed by atoms with Crippen LogP contribution in [0.3, 0.4) is 0 Å². The molecule has 1 N–H and O–H groups in total. The van der Waals surface area contributed by atoms with Gasteiger partial charge in [0.2, 0.25) is 0 Å². The summed E-state index contributed by atoms with van der Waals surface area (Å²) in [5.41, 5.74) is 1.04. The highest BCUT2D eigenvalue weighted by atomic mass is 19.1. The second-order valence-electron chi connectivity index (χ2n) is 3.59. The first kappa shape index (κ1) is 11.9. The number of rotatable bonds is 5. The number of Topliss-reactive ketones (excluding diaryl/α,β-unsaturated/α-hetero) is 1. The van der Waals surface area contributed by atoms with Gasteiger partial charge < -0.3 is 5.32 Å². The first-order valence-corrected chi connectivity index (χ1v) is 5.09. The number of halogens is 1. The number of aryl methyl sites for hydroxylation is 1. The Morgan fingerprint density at radius 3 is 2.80 bits per heavy atom. The molecule has 0 amide bonds. The van der Waals surface area contributed by atoms with Gasteiger partial charge in [-0.05, 0) is 38.6 Å². The molecule has 1 aromatic rings. The van der Waals surface area contributed by atoms with Crippen molar-refractivity contribution in [3.8, 4) is 0 Å². The zero-order valence-corrected chi connectivity index (χ0v) is 9.14. The molecule has 0 aliphatic carbocycles. The highest BCUT2D eigenvalue weighted by Crippen LogP contribution is 2.11. The lowest BCUT2D eigenvalue weighted by Gasteiger charge is -2.02. The van der Waals surface area contributed by atoms with Crippen LogP contribution in [-0.2, 0) is 0 Å². The SMILES string of the molecule is CNCCCC(=O)c1ccc(C)c(F)c1. The molecule has 0 fully saturated rings. The number of ketones is 1. The summed E-state index contributed by atoms with van der Waals surface area (Å²) in [5, 5.41) is 2.97. The number of carbonyl (C=O) groups is 1. The summed E-state index contributed by atoms with van der Waals surface area (Å²) in [6.45, 7) is 2.49. The van der Waals surface area contributed by atoms with Crippen LogP contribution in [0.5, 0.6) is 0 Å². The summed E-state index contributed by atoms with van der Waals surface area (Å²) in [5.74, 6) is -0.307. The molecule has 1 rings (SSSR count). The van der Waals surface area contributed by atoms with E-state index in [1.54, 1.807) is 19.1 Å². The number of hydrogen-bond donors (Lipinski definition) is 1. The standard InChI is InChI=1S/C12H16FNO/c1-9-5-6-10(8-11(9)13)12(15)4-3-7-14-2/h5-6,8,14H,3-4,7H2,1-2H3. The normalized spacial score (nSPS) is 10.3. The molecule has 0 bridgehead atoms. The van der Waals surface area contributed by atoms with Crippen LogP contribution in [0.25, 0.3) is 0 Å². The molecule has 15 heavy (non-hydrogen) atoms. The van der Waals surface area contributed by atoms with E-state index < -0.39 is 0 Å². The van der Waals surface area contributed by atoms with Gasteiger partial charge in [0.05, 0.1) is 0 Å². The predicted molar refractivity (Wildman–Crippen MR) is 58.6 cm³/mol. The van der Waals surface area contributed by atoms with E-state index in [0.29, 0.717) is 17.5 Å². The summed E-state index contributed by atoms with van der Waals surface area (Å²) < 4.78 is 13.2. The summed E-state index contributed by atoms with van der Waals surface area (Å²) >= 11 is 0. The first-order valence-electron chi connectivity index (χ1n) is 5.09. The minimum atomic E-state index is -0.311. The maximum Gasteiger partial charge on any atom is 0.163 e. The molecule has 0 heterocycles. The zero-order valence-electron chi connectivity index (χ0n) is 9.14. The smallest absolute Gasteiger partial charge is 0.163 e. The van der Waals surface area contributed by atoms with Crippen molar-refractivity contribution in [3.05, 3.63) is 35.1 Å². The molecule has 0 aromatic heterocycles. The summed E-state index contributed by atoms with van der Waals surface area (Å²) in [6.07, 6.45) is 1.24. The van der Waals surface area contributed by atoms with Gasteiger partial charge in [0, 0.05) is 12.0 Å². The molecule has 0 radical (unpaired) electrons. The van der Waals surface area contributed by atoms with Crippen molar-refractivity contribution in [3.63, 3.8) is 0 Å². The van der Waals surface area contributed by atoms with E-state index in [1.807, 2.05) is 7.05 Å². The maximum absolute atomic E-state index is 13.2. The fourth-order valence-corrected chi connectivity index (χ4v) is 1.34. The largest absolute Gasteiger partial charge is 0.320 e. The number of benzene rings is 1. The van der Waals surface area contributed by atoms with Crippen molar-refractivity contribution >= 4 is 5.78 Å². The Morgan fingerprint density at radius 2 is 2.20 bits per heavy atom. The van der Waals surface area contributed by atoms with Gasteiger partial charge in [0.25, 0.3) is 0 Å². The molecule has 82 valence electrons. The Bertz CT molecular complexity index is 349. The third-order valence-electron chi connectivity index (χ3n) is 2.32. The van der Waals surface area contributed by atoms with Crippen LogP contribution in [-0.4, -0.2) is 19.4 Å². The van der Waals surface area contributed by atoms with Crippen LogP contribution in [0.1, 0.15) is 28.8 Å². The van der Waals surface area contributed by atoms with Crippen LogP contribution < -0.4 is 5.32 Å². The Labute approximate surface area is 89.5 Å². The van der Waals surface area contributed by atoms with Gasteiger partial charge in [-0.2, -0.15) is 0 Å². The molecule has 0 atom stereocenters. The molecule has 3 heteroatoms. The van der Waals surface area contributed by atoms with Crippen molar-refractivity contribution in [2.75, 3.05) is 13.6 Å². The van der Waals surface area contributed by atoms with Gasteiger partial charge in [-0.3, -0.25) is 4.79 Å². The molecular formula is C12H16FNO. The summed E-state index contributed by atoms with van der Waals surface area (Å²) in [7, 11) is 1.84. The molecule has 0 aliphatic rings. The summed E-state index contributed by atoms with van der Waals surface area (Å²) in [4.78, 5) is 11.6. The maximum atomic E-state index is 13.2. The highest BCUT2D eigenvalue weighted by molar-refractivity contribution is 5.96. The van der Waals surface area contributed by atoms with E-state index in [2.05, 4.69) is 5.32 Å². The fraction of sp³-hybridized carbons (Fsp3) is 0.417. The van der Waals surface area contributed by atoms with E-state index >= 15 is 0 Å². The van der Waals surface area contributed by atoms with Crippen LogP contribution >= 0.6 is 0 Å². The quantitative estimate of drug-likeness (QED) is 0.595. The lowest BCUT2D eigenvalue weighted by molar-refractivity contribution is 0.0980. The Morgan fingerprint density at radius 1 is 1.47 bits per heavy atom. The van der Waals surface area contributed by atoms with Gasteiger partial charge in [-0.1, -0.05) is 12.1 Å². The summed E-state index contributed by atoms with van der Waals surface area (Å²) in [6, 6.07) is 4.64. The van der Waals surface area contributed by atoms with E-state index in [0.717, 1.165) is 13.0 Å². The minimum absolute atomic E-state index is 0.00384. The van der Waals surface area contributed by atoms with Crippen molar-refractivity contribution in [1.82, 2.24) is 5.32 Å². The van der Waals surface area contributed by atoms with Gasteiger partial charge in [-0.25, -0.2) is 4.39 Å². The molecule has 0 spiro atoms. The van der Waals surface area contributed by atoms with Gasteiger partial charge in [0.15, 0.2) is 5.78 Å². The number of hydrogen-bond acceptors (Lipinski definition) is 2. The van der Waals surface area contributed by atoms with Gasteiger partial charge in [0.1, 0.15) is 5.82 Å². The molecule has 0 aliphatic heterocycles. The predicted octanol–water partition coefficient (Wildman–Crippen LogP) is 2.32. The Kier molecular flexibility index (Phi) is 4.43. The third-order valence-corrected chi connectivity index (χ3v) is 2.32. The second kappa shape index (κ2) is 5.61. The monoisotopic (exact) mass is 209 g/mol. The first-order chi connectivity index (χ1) is 7.15. The van der Waals surface area contributed by atoms with E-state index in [4.69, 9.17) is 0 Å². The van der Waals surface area contributed by atoms with E-state index in [1.165, 1.54) is 6.07 Å². The van der Waals surface area contributed by atoms with Gasteiger partial charge in [-0.15, -0.1) is 0 Å². The lowest BCUT2D eigenvalue weighted by atomic mass is 10.0. The van der Waals surface area contributed by atoms with Crippen LogP contribution in [0.2, 0.25) is 0 Å². The van der Waals surface area contributed by atoms with Crippen molar-refractivity contribution in [2.24, 2.45) is 0 Å². The zero-order chi connectivity index (χ0) is 11.3. The van der Waals surface area contributed by atoms with Crippen molar-refractivity contribution < 1.29 is 9.18 Å². The molecule has 0 unspecified atom stereocenters. The second-order valence-corrected chi connectivity index (χ2v) is 3.59. The van der Waals surface area contributed by atoms with Crippen molar-refractivity contribution in [1.29, 1.82) is 0 Å². The molecule has 2 nitrogen and oxygen atoms in total. The van der Waals surface area contributed by atoms with Crippen LogP contribution in [0, 0.1) is 12.7 Å². The lowest BCUT2D eigenvalue weighted by Crippen LogP contribution is -2.10. The topological polar surface area (TPSA) is 29.1 Å². The van der Waals surface area contributed by atoms with E-state index in [9.17, 15) is 9.18 Å². The average molecular weight is 209 g/mol. The fourth-order valence-electron chi connectivity index (χ4n) is 1.34. The molecule has 0 saturated heterocycles.